The monoisotopic (exact) mass is 245 g/mol. The molecular formula is C9H15N3O3S. The van der Waals surface area contributed by atoms with Gasteiger partial charge < -0.3 is 4.52 Å². The minimum atomic E-state index is -3.20. The fourth-order valence-electron chi connectivity index (χ4n) is 1.36. The quantitative estimate of drug-likeness (QED) is 0.800. The average molecular weight is 245 g/mol. The van der Waals surface area contributed by atoms with E-state index in [-0.39, 0.29) is 12.3 Å². The Hall–Kier alpha value is -0.950. The van der Waals surface area contributed by atoms with Gasteiger partial charge in [0.15, 0.2) is 5.82 Å². The van der Waals surface area contributed by atoms with Crippen molar-refractivity contribution in [1.29, 1.82) is 0 Å². The van der Waals surface area contributed by atoms with Gasteiger partial charge in [0.1, 0.15) is 0 Å². The summed E-state index contributed by atoms with van der Waals surface area (Å²) in [5.74, 6) is 1.58. The molecule has 1 aromatic rings. The number of hydrogen-bond donors (Lipinski definition) is 1. The van der Waals surface area contributed by atoms with Crippen molar-refractivity contribution in [1.82, 2.24) is 14.9 Å². The SMILES string of the molecule is CCCS(=O)(=O)NCc1nc(C2CC2)no1. The second-order valence-electron chi connectivity index (χ2n) is 3.96. The third-order valence-electron chi connectivity index (χ3n) is 2.34. The predicted octanol–water partition coefficient (Wildman–Crippen LogP) is 0.776. The molecule has 16 heavy (non-hydrogen) atoms. The van der Waals surface area contributed by atoms with Crippen LogP contribution in [0.3, 0.4) is 0 Å². The molecule has 0 saturated heterocycles. The lowest BCUT2D eigenvalue weighted by molar-refractivity contribution is 0.370. The van der Waals surface area contributed by atoms with Crippen molar-refractivity contribution in [3.05, 3.63) is 11.7 Å². The molecule has 0 atom stereocenters. The second-order valence-corrected chi connectivity index (χ2v) is 5.89. The van der Waals surface area contributed by atoms with Gasteiger partial charge in [-0.15, -0.1) is 0 Å². The topological polar surface area (TPSA) is 85.1 Å². The molecule has 1 aliphatic rings. The fourth-order valence-corrected chi connectivity index (χ4v) is 2.38. The zero-order chi connectivity index (χ0) is 11.6. The number of sulfonamides is 1. The molecule has 1 heterocycles. The molecule has 0 amide bonds. The van der Waals surface area contributed by atoms with Gasteiger partial charge in [-0.3, -0.25) is 0 Å². The van der Waals surface area contributed by atoms with Crippen molar-refractivity contribution < 1.29 is 12.9 Å². The van der Waals surface area contributed by atoms with Crippen molar-refractivity contribution in [2.75, 3.05) is 5.75 Å². The molecule has 2 rings (SSSR count). The summed E-state index contributed by atoms with van der Waals surface area (Å²) >= 11 is 0. The standard InChI is InChI=1S/C9H15N3O3S/c1-2-5-16(13,14)10-6-8-11-9(12-15-8)7-3-4-7/h7,10H,2-6H2,1H3. The molecule has 0 aromatic carbocycles. The molecule has 90 valence electrons. The summed E-state index contributed by atoms with van der Waals surface area (Å²) in [4.78, 5) is 4.13. The van der Waals surface area contributed by atoms with Crippen LogP contribution in [0.4, 0.5) is 0 Å². The summed E-state index contributed by atoms with van der Waals surface area (Å²) in [6.07, 6.45) is 2.79. The molecule has 0 spiro atoms. The van der Waals surface area contributed by atoms with E-state index in [1.54, 1.807) is 0 Å². The van der Waals surface area contributed by atoms with Crippen LogP contribution in [0.1, 0.15) is 43.8 Å². The van der Waals surface area contributed by atoms with E-state index in [9.17, 15) is 8.42 Å². The van der Waals surface area contributed by atoms with Gasteiger partial charge in [0.2, 0.25) is 15.9 Å². The van der Waals surface area contributed by atoms with E-state index in [4.69, 9.17) is 4.52 Å². The molecule has 0 unspecified atom stereocenters. The molecule has 1 N–H and O–H groups in total. The largest absolute Gasteiger partial charge is 0.338 e. The van der Waals surface area contributed by atoms with Crippen molar-refractivity contribution in [3.63, 3.8) is 0 Å². The summed E-state index contributed by atoms with van der Waals surface area (Å²) < 4.78 is 30.1. The zero-order valence-electron chi connectivity index (χ0n) is 9.14. The number of nitrogens with zero attached hydrogens (tertiary/aromatic N) is 2. The Labute approximate surface area is 94.5 Å². The third-order valence-corrected chi connectivity index (χ3v) is 3.87. The van der Waals surface area contributed by atoms with Gasteiger partial charge >= 0.3 is 0 Å². The van der Waals surface area contributed by atoms with E-state index in [1.807, 2.05) is 6.92 Å². The maximum atomic E-state index is 11.4. The molecule has 1 saturated carbocycles. The lowest BCUT2D eigenvalue weighted by Gasteiger charge is -2.01. The average Bonchev–Trinajstić information content (AvgIpc) is 2.95. The van der Waals surface area contributed by atoms with E-state index >= 15 is 0 Å². The fraction of sp³-hybridized carbons (Fsp3) is 0.778. The molecule has 6 nitrogen and oxygen atoms in total. The highest BCUT2D eigenvalue weighted by Gasteiger charge is 2.28. The van der Waals surface area contributed by atoms with Gasteiger partial charge in [0, 0.05) is 5.92 Å². The Morgan fingerprint density at radius 1 is 1.50 bits per heavy atom. The highest BCUT2D eigenvalue weighted by atomic mass is 32.2. The molecule has 0 aliphatic heterocycles. The van der Waals surface area contributed by atoms with Crippen LogP contribution >= 0.6 is 0 Å². The highest BCUT2D eigenvalue weighted by molar-refractivity contribution is 7.89. The van der Waals surface area contributed by atoms with Crippen LogP contribution in [0, 0.1) is 0 Å². The minimum absolute atomic E-state index is 0.0854. The normalized spacial score (nSPS) is 16.6. The van der Waals surface area contributed by atoms with Gasteiger partial charge in [0.05, 0.1) is 12.3 Å². The van der Waals surface area contributed by atoms with Crippen LogP contribution in [0.15, 0.2) is 4.52 Å². The maximum Gasteiger partial charge on any atom is 0.241 e. The zero-order valence-corrected chi connectivity index (χ0v) is 9.96. The first-order valence-electron chi connectivity index (χ1n) is 5.40. The maximum absolute atomic E-state index is 11.4. The highest BCUT2D eigenvalue weighted by Crippen LogP contribution is 2.37. The number of hydrogen-bond acceptors (Lipinski definition) is 5. The van der Waals surface area contributed by atoms with Crippen molar-refractivity contribution in [2.24, 2.45) is 0 Å². The summed E-state index contributed by atoms with van der Waals surface area (Å²) in [7, 11) is -3.20. The van der Waals surface area contributed by atoms with Crippen LogP contribution in [0.5, 0.6) is 0 Å². The molecule has 1 aliphatic carbocycles. The van der Waals surface area contributed by atoms with Crippen LogP contribution in [0.25, 0.3) is 0 Å². The van der Waals surface area contributed by atoms with Crippen molar-refractivity contribution in [2.45, 2.75) is 38.6 Å². The minimum Gasteiger partial charge on any atom is -0.338 e. The van der Waals surface area contributed by atoms with Crippen LogP contribution in [-0.4, -0.2) is 24.3 Å². The van der Waals surface area contributed by atoms with Gasteiger partial charge in [-0.25, -0.2) is 13.1 Å². The predicted molar refractivity (Wildman–Crippen MR) is 57.2 cm³/mol. The first-order valence-corrected chi connectivity index (χ1v) is 7.06. The number of rotatable bonds is 6. The van der Waals surface area contributed by atoms with E-state index in [0.717, 1.165) is 12.8 Å². The smallest absolute Gasteiger partial charge is 0.241 e. The Morgan fingerprint density at radius 3 is 2.88 bits per heavy atom. The van der Waals surface area contributed by atoms with Crippen LogP contribution in [-0.2, 0) is 16.6 Å². The third kappa shape index (κ3) is 3.02. The lowest BCUT2D eigenvalue weighted by Crippen LogP contribution is -2.25. The summed E-state index contributed by atoms with van der Waals surface area (Å²) in [6.45, 7) is 1.90. The van der Waals surface area contributed by atoms with Crippen molar-refractivity contribution in [3.8, 4) is 0 Å². The van der Waals surface area contributed by atoms with E-state index in [2.05, 4.69) is 14.9 Å². The molecular weight excluding hydrogens is 230 g/mol. The van der Waals surface area contributed by atoms with Crippen LogP contribution < -0.4 is 4.72 Å². The van der Waals surface area contributed by atoms with E-state index < -0.39 is 10.0 Å². The van der Waals surface area contributed by atoms with Gasteiger partial charge in [-0.1, -0.05) is 12.1 Å². The second kappa shape index (κ2) is 4.50. The lowest BCUT2D eigenvalue weighted by atomic mass is 10.4. The van der Waals surface area contributed by atoms with Crippen LogP contribution in [0.2, 0.25) is 0 Å². The van der Waals surface area contributed by atoms with Crippen molar-refractivity contribution >= 4 is 10.0 Å². The summed E-state index contributed by atoms with van der Waals surface area (Å²) in [5, 5.41) is 3.80. The Morgan fingerprint density at radius 2 is 2.25 bits per heavy atom. The molecule has 1 fully saturated rings. The Bertz CT molecular complexity index is 450. The number of nitrogens with one attached hydrogen (secondary N) is 1. The molecule has 0 bridgehead atoms. The molecule has 7 heteroatoms. The van der Waals surface area contributed by atoms with Gasteiger partial charge in [0.25, 0.3) is 0 Å². The van der Waals surface area contributed by atoms with E-state index in [1.165, 1.54) is 0 Å². The Kier molecular flexibility index (Phi) is 3.25. The summed E-state index contributed by atoms with van der Waals surface area (Å²) in [6, 6.07) is 0. The number of aromatic nitrogens is 2. The molecule has 1 aromatic heterocycles. The van der Waals surface area contributed by atoms with E-state index in [0.29, 0.717) is 24.1 Å². The molecule has 0 radical (unpaired) electrons. The first-order chi connectivity index (χ1) is 7.61. The summed E-state index contributed by atoms with van der Waals surface area (Å²) in [5.41, 5.74) is 0. The first kappa shape index (κ1) is 11.5. The van der Waals surface area contributed by atoms with Gasteiger partial charge in [-0.2, -0.15) is 4.98 Å². The van der Waals surface area contributed by atoms with Gasteiger partial charge in [-0.05, 0) is 19.3 Å². The Balaban J connectivity index is 1.89.